The molecule has 23 heavy (non-hydrogen) atoms. The van der Waals surface area contributed by atoms with Crippen LogP contribution >= 0.6 is 0 Å². The highest BCUT2D eigenvalue weighted by Crippen LogP contribution is 2.20. The summed E-state index contributed by atoms with van der Waals surface area (Å²) in [5, 5.41) is 9.26. The van der Waals surface area contributed by atoms with Crippen molar-refractivity contribution in [2.24, 2.45) is 0 Å². The van der Waals surface area contributed by atoms with Crippen molar-refractivity contribution in [1.29, 1.82) is 0 Å². The van der Waals surface area contributed by atoms with E-state index in [1.807, 2.05) is 31.2 Å². The number of ether oxygens (including phenoxy) is 1. The first kappa shape index (κ1) is 17.8. The lowest BCUT2D eigenvalue weighted by Crippen LogP contribution is -2.52. The lowest BCUT2D eigenvalue weighted by molar-refractivity contribution is -0.0667. The summed E-state index contributed by atoms with van der Waals surface area (Å²) in [5.41, 5.74) is 1.81. The number of aliphatic hydroxyl groups is 1. The van der Waals surface area contributed by atoms with Gasteiger partial charge in [0.1, 0.15) is 0 Å². The fourth-order valence-corrected chi connectivity index (χ4v) is 3.02. The van der Waals surface area contributed by atoms with Crippen LogP contribution in [0.4, 0.5) is 5.69 Å². The average Bonchev–Trinajstić information content (AvgIpc) is 2.55. The van der Waals surface area contributed by atoms with Crippen LogP contribution in [0.1, 0.15) is 38.1 Å². The first-order chi connectivity index (χ1) is 11.0. The van der Waals surface area contributed by atoms with Gasteiger partial charge in [-0.1, -0.05) is 0 Å². The molecule has 1 fully saturated rings. The molecule has 1 aliphatic heterocycles. The van der Waals surface area contributed by atoms with Crippen molar-refractivity contribution in [1.82, 2.24) is 4.90 Å². The number of anilines is 1. The molecule has 128 valence electrons. The summed E-state index contributed by atoms with van der Waals surface area (Å²) >= 11 is 0. The van der Waals surface area contributed by atoms with E-state index in [2.05, 4.69) is 25.7 Å². The van der Waals surface area contributed by atoms with E-state index in [0.717, 1.165) is 12.2 Å². The van der Waals surface area contributed by atoms with Gasteiger partial charge in [0.2, 0.25) is 0 Å². The molecule has 5 nitrogen and oxygen atoms in total. The largest absolute Gasteiger partial charge is 0.394 e. The SMILES string of the molecule is CCN(c1ccc(C(=O)N2CC(CO)OCC2C)cc1)C(C)C. The Morgan fingerprint density at radius 2 is 2.04 bits per heavy atom. The van der Waals surface area contributed by atoms with E-state index in [4.69, 9.17) is 4.74 Å². The van der Waals surface area contributed by atoms with Gasteiger partial charge in [-0.3, -0.25) is 4.79 Å². The lowest BCUT2D eigenvalue weighted by Gasteiger charge is -2.37. The molecule has 1 aliphatic rings. The van der Waals surface area contributed by atoms with Crippen LogP contribution in [0.5, 0.6) is 0 Å². The van der Waals surface area contributed by atoms with Gasteiger partial charge in [0.15, 0.2) is 0 Å². The highest BCUT2D eigenvalue weighted by molar-refractivity contribution is 5.94. The molecule has 0 bridgehead atoms. The maximum atomic E-state index is 12.7. The molecule has 0 aliphatic carbocycles. The second-order valence-corrected chi connectivity index (χ2v) is 6.37. The van der Waals surface area contributed by atoms with Gasteiger partial charge in [-0.2, -0.15) is 0 Å². The summed E-state index contributed by atoms with van der Waals surface area (Å²) in [5.74, 6) is -0.00149. The zero-order valence-corrected chi connectivity index (χ0v) is 14.5. The molecule has 2 rings (SSSR count). The fourth-order valence-electron chi connectivity index (χ4n) is 3.02. The van der Waals surface area contributed by atoms with Gasteiger partial charge in [-0.05, 0) is 52.0 Å². The van der Waals surface area contributed by atoms with Crippen molar-refractivity contribution in [3.8, 4) is 0 Å². The molecule has 1 heterocycles. The van der Waals surface area contributed by atoms with Crippen LogP contribution in [-0.4, -0.2) is 60.4 Å². The summed E-state index contributed by atoms with van der Waals surface area (Å²) in [7, 11) is 0. The molecule has 0 saturated carbocycles. The molecule has 5 heteroatoms. The van der Waals surface area contributed by atoms with Gasteiger partial charge in [0.25, 0.3) is 5.91 Å². The van der Waals surface area contributed by atoms with Crippen LogP contribution in [0.2, 0.25) is 0 Å². The van der Waals surface area contributed by atoms with Crippen molar-refractivity contribution < 1.29 is 14.6 Å². The monoisotopic (exact) mass is 320 g/mol. The van der Waals surface area contributed by atoms with E-state index in [9.17, 15) is 9.90 Å². The number of morpholine rings is 1. The fraction of sp³-hybridized carbons (Fsp3) is 0.611. The lowest BCUT2D eigenvalue weighted by atomic mass is 10.1. The predicted molar refractivity (Wildman–Crippen MR) is 91.9 cm³/mol. The molecule has 0 aromatic heterocycles. The first-order valence-corrected chi connectivity index (χ1v) is 8.38. The quantitative estimate of drug-likeness (QED) is 0.903. The van der Waals surface area contributed by atoms with Crippen molar-refractivity contribution in [3.63, 3.8) is 0 Å². The minimum absolute atomic E-state index is 0.00149. The zero-order chi connectivity index (χ0) is 17.0. The molecule has 1 amide bonds. The number of aliphatic hydroxyl groups excluding tert-OH is 1. The summed E-state index contributed by atoms with van der Waals surface area (Å²) in [6.45, 7) is 10.2. The van der Waals surface area contributed by atoms with E-state index in [1.54, 1.807) is 4.90 Å². The van der Waals surface area contributed by atoms with Crippen LogP contribution in [0.3, 0.4) is 0 Å². The Morgan fingerprint density at radius 1 is 1.39 bits per heavy atom. The normalized spacial score (nSPS) is 21.6. The Bertz CT molecular complexity index is 516. The highest BCUT2D eigenvalue weighted by Gasteiger charge is 2.29. The number of rotatable bonds is 5. The van der Waals surface area contributed by atoms with Gasteiger partial charge < -0.3 is 19.6 Å². The number of amides is 1. The maximum absolute atomic E-state index is 12.7. The van der Waals surface area contributed by atoms with Crippen molar-refractivity contribution in [3.05, 3.63) is 29.8 Å². The van der Waals surface area contributed by atoms with E-state index >= 15 is 0 Å². The topological polar surface area (TPSA) is 53.0 Å². The van der Waals surface area contributed by atoms with Crippen molar-refractivity contribution in [2.45, 2.75) is 45.9 Å². The molecule has 2 unspecified atom stereocenters. The summed E-state index contributed by atoms with van der Waals surface area (Å²) in [6.07, 6.45) is -0.286. The van der Waals surface area contributed by atoms with Crippen molar-refractivity contribution >= 4 is 11.6 Å². The minimum Gasteiger partial charge on any atom is -0.394 e. The molecule has 1 aromatic carbocycles. The van der Waals surface area contributed by atoms with Crippen LogP contribution in [-0.2, 0) is 4.74 Å². The van der Waals surface area contributed by atoms with E-state index in [0.29, 0.717) is 24.8 Å². The predicted octanol–water partition coefficient (Wildman–Crippen LogP) is 2.14. The Hall–Kier alpha value is -1.59. The molecule has 2 atom stereocenters. The number of hydrogen-bond donors (Lipinski definition) is 1. The molecule has 1 N–H and O–H groups in total. The Kier molecular flexibility index (Phi) is 6.02. The summed E-state index contributed by atoms with van der Waals surface area (Å²) in [6, 6.07) is 8.23. The highest BCUT2D eigenvalue weighted by atomic mass is 16.5. The zero-order valence-electron chi connectivity index (χ0n) is 14.5. The second kappa shape index (κ2) is 7.79. The van der Waals surface area contributed by atoms with Crippen LogP contribution < -0.4 is 4.90 Å². The number of nitrogens with zero attached hydrogens (tertiary/aromatic N) is 2. The third-order valence-electron chi connectivity index (χ3n) is 4.38. The minimum atomic E-state index is -0.286. The molecular formula is C18H28N2O3. The number of hydrogen-bond acceptors (Lipinski definition) is 4. The first-order valence-electron chi connectivity index (χ1n) is 8.38. The van der Waals surface area contributed by atoms with E-state index in [-0.39, 0.29) is 24.7 Å². The van der Waals surface area contributed by atoms with Gasteiger partial charge in [-0.15, -0.1) is 0 Å². The van der Waals surface area contributed by atoms with Crippen LogP contribution in [0, 0.1) is 0 Å². The standard InChI is InChI=1S/C18H28N2O3/c1-5-19(13(2)3)16-8-6-15(7-9-16)18(22)20-10-17(11-21)23-12-14(20)4/h6-9,13-14,17,21H,5,10-12H2,1-4H3. The molecule has 1 aromatic rings. The van der Waals surface area contributed by atoms with Gasteiger partial charge in [0, 0.05) is 30.4 Å². The Balaban J connectivity index is 2.13. The molecule has 1 saturated heterocycles. The molecular weight excluding hydrogens is 292 g/mol. The Labute approximate surface area is 138 Å². The third-order valence-corrected chi connectivity index (χ3v) is 4.38. The summed E-state index contributed by atoms with van der Waals surface area (Å²) in [4.78, 5) is 16.8. The Morgan fingerprint density at radius 3 is 2.57 bits per heavy atom. The average molecular weight is 320 g/mol. The van der Waals surface area contributed by atoms with Gasteiger partial charge >= 0.3 is 0 Å². The third kappa shape index (κ3) is 4.03. The maximum Gasteiger partial charge on any atom is 0.254 e. The number of benzene rings is 1. The van der Waals surface area contributed by atoms with E-state index < -0.39 is 0 Å². The van der Waals surface area contributed by atoms with E-state index in [1.165, 1.54) is 0 Å². The number of carbonyl (C=O) groups excluding carboxylic acids is 1. The summed E-state index contributed by atoms with van der Waals surface area (Å²) < 4.78 is 5.50. The van der Waals surface area contributed by atoms with Crippen LogP contribution in [0.15, 0.2) is 24.3 Å². The van der Waals surface area contributed by atoms with Crippen molar-refractivity contribution in [2.75, 3.05) is 31.2 Å². The second-order valence-electron chi connectivity index (χ2n) is 6.37. The molecule has 0 spiro atoms. The van der Waals surface area contributed by atoms with Gasteiger partial charge in [0.05, 0.1) is 25.4 Å². The van der Waals surface area contributed by atoms with Crippen LogP contribution in [0.25, 0.3) is 0 Å². The molecule has 0 radical (unpaired) electrons. The van der Waals surface area contributed by atoms with Gasteiger partial charge in [-0.25, -0.2) is 0 Å². The smallest absolute Gasteiger partial charge is 0.254 e. The number of carbonyl (C=O) groups is 1.